The van der Waals surface area contributed by atoms with E-state index in [1.807, 2.05) is 65.0 Å². The summed E-state index contributed by atoms with van der Waals surface area (Å²) < 4.78 is 30.8. The predicted octanol–water partition coefficient (Wildman–Crippen LogP) is 3.69. The fourth-order valence-corrected chi connectivity index (χ4v) is 9.57. The maximum absolute atomic E-state index is 13.5. The van der Waals surface area contributed by atoms with Crippen LogP contribution in [-0.2, 0) is 25.8 Å². The number of sulfone groups is 1. The van der Waals surface area contributed by atoms with Gasteiger partial charge in [-0.3, -0.25) is 9.69 Å². The average molecular weight is 606 g/mol. The van der Waals surface area contributed by atoms with Crippen molar-refractivity contribution in [2.45, 2.75) is 115 Å². The van der Waals surface area contributed by atoms with E-state index in [9.17, 15) is 23.1 Å². The molecule has 1 aliphatic carbocycles. The quantitative estimate of drug-likeness (QED) is 0.392. The van der Waals surface area contributed by atoms with E-state index in [1.54, 1.807) is 0 Å². The van der Waals surface area contributed by atoms with Crippen LogP contribution in [0.15, 0.2) is 30.3 Å². The first kappa shape index (κ1) is 32.7. The van der Waals surface area contributed by atoms with Crippen LogP contribution in [0.5, 0.6) is 0 Å². The highest BCUT2D eigenvalue weighted by Crippen LogP contribution is 2.39. The van der Waals surface area contributed by atoms with Crippen molar-refractivity contribution in [1.82, 2.24) is 15.5 Å². The number of hydrogen-bond donors (Lipinski definition) is 3. The summed E-state index contributed by atoms with van der Waals surface area (Å²) in [6, 6.07) is 8.58. The molecule has 0 radical (unpaired) electrons. The van der Waals surface area contributed by atoms with Gasteiger partial charge in [0.25, 0.3) is 0 Å². The van der Waals surface area contributed by atoms with Gasteiger partial charge in [0.05, 0.1) is 23.9 Å². The van der Waals surface area contributed by atoms with Crippen molar-refractivity contribution in [3.63, 3.8) is 0 Å². The van der Waals surface area contributed by atoms with Crippen molar-refractivity contribution in [2.24, 2.45) is 17.8 Å². The van der Waals surface area contributed by atoms with Crippen LogP contribution in [0.1, 0.15) is 78.7 Å². The molecule has 1 unspecified atom stereocenters. The van der Waals surface area contributed by atoms with Crippen LogP contribution in [0, 0.1) is 17.8 Å². The van der Waals surface area contributed by atoms with Crippen molar-refractivity contribution >= 4 is 21.8 Å². The molecule has 0 aromatic heterocycles. The number of fused-ring (bicyclic) bond motifs is 1. The number of nitrogens with zero attached hydrogens (tertiary/aromatic N) is 1. The fourth-order valence-electron chi connectivity index (χ4n) is 7.25. The fraction of sp³-hybridized carbons (Fsp3) is 0.750. The van der Waals surface area contributed by atoms with Crippen LogP contribution in [0.3, 0.4) is 0 Å². The second-order valence-electron chi connectivity index (χ2n) is 14.1. The van der Waals surface area contributed by atoms with Crippen molar-refractivity contribution in [1.29, 1.82) is 0 Å². The largest absolute Gasteiger partial charge is 0.445 e. The zero-order valence-corrected chi connectivity index (χ0v) is 26.7. The Morgan fingerprint density at radius 3 is 2.38 bits per heavy atom. The Bertz CT molecular complexity index is 1170. The molecule has 2 aliphatic heterocycles. The first-order chi connectivity index (χ1) is 19.7. The lowest BCUT2D eigenvalue weighted by Gasteiger charge is -2.47. The Hall–Kier alpha value is -2.17. The molecule has 1 aromatic rings. The van der Waals surface area contributed by atoms with Crippen LogP contribution >= 0.6 is 0 Å². The smallest absolute Gasteiger partial charge is 0.407 e. The number of ether oxygens (including phenoxy) is 1. The van der Waals surface area contributed by atoms with Gasteiger partial charge in [-0.05, 0) is 69.8 Å². The zero-order valence-electron chi connectivity index (χ0n) is 25.9. The molecule has 1 aromatic carbocycles. The lowest BCUT2D eigenvalue weighted by Crippen LogP contribution is -2.60. The minimum absolute atomic E-state index is 0.000991. The number of aliphatic hydroxyl groups excluding tert-OH is 1. The van der Waals surface area contributed by atoms with Crippen LogP contribution in [0.25, 0.3) is 0 Å². The third-order valence-electron chi connectivity index (χ3n) is 9.17. The summed E-state index contributed by atoms with van der Waals surface area (Å²) in [5.41, 5.74) is 0.575. The Balaban J connectivity index is 1.50. The minimum atomic E-state index is -3.33. The highest BCUT2D eigenvalue weighted by atomic mass is 32.2. The van der Waals surface area contributed by atoms with E-state index >= 15 is 0 Å². The molecule has 4 rings (SSSR count). The third kappa shape index (κ3) is 8.47. The maximum Gasteiger partial charge on any atom is 0.407 e. The number of likely N-dealkylation sites (tertiary alicyclic amines) is 1. The van der Waals surface area contributed by atoms with E-state index in [0.29, 0.717) is 18.3 Å². The van der Waals surface area contributed by atoms with Gasteiger partial charge < -0.3 is 20.5 Å². The van der Waals surface area contributed by atoms with E-state index in [0.717, 1.165) is 31.4 Å². The van der Waals surface area contributed by atoms with Crippen LogP contribution in [-0.4, -0.2) is 84.3 Å². The summed E-state index contributed by atoms with van der Waals surface area (Å²) in [7, 11) is -3.33. The van der Waals surface area contributed by atoms with Gasteiger partial charge in [-0.15, -0.1) is 0 Å². The Labute approximate surface area is 252 Å². The number of β-amino-alcohol motifs (C(OH)–C–C–N with tert-alkyl or cyclic N) is 1. The molecule has 10 heteroatoms. The van der Waals surface area contributed by atoms with Gasteiger partial charge in [0.15, 0.2) is 9.84 Å². The van der Waals surface area contributed by atoms with E-state index in [4.69, 9.17) is 4.74 Å². The van der Waals surface area contributed by atoms with Gasteiger partial charge in [-0.1, -0.05) is 63.4 Å². The van der Waals surface area contributed by atoms with Crippen LogP contribution in [0.2, 0.25) is 0 Å². The highest BCUT2D eigenvalue weighted by Gasteiger charge is 2.45. The van der Waals surface area contributed by atoms with Gasteiger partial charge in [-0.25, -0.2) is 13.2 Å². The van der Waals surface area contributed by atoms with E-state index in [2.05, 4.69) is 15.5 Å². The van der Waals surface area contributed by atoms with Crippen molar-refractivity contribution in [3.05, 3.63) is 35.9 Å². The lowest BCUT2D eigenvalue weighted by atomic mass is 9.72. The molecule has 0 bridgehead atoms. The number of carbonyl (C=O) groups excluding carboxylic acids is 2. The molecule has 7 atom stereocenters. The Morgan fingerprint density at radius 2 is 1.74 bits per heavy atom. The number of alkyl carbamates (subject to hydrolysis) is 1. The van der Waals surface area contributed by atoms with Gasteiger partial charge >= 0.3 is 6.09 Å². The van der Waals surface area contributed by atoms with Gasteiger partial charge in [0, 0.05) is 18.6 Å². The van der Waals surface area contributed by atoms with Crippen molar-refractivity contribution in [2.75, 3.05) is 18.8 Å². The summed E-state index contributed by atoms with van der Waals surface area (Å²) in [6.45, 7) is 10.5. The molecule has 3 fully saturated rings. The standard InChI is InChI=1S/C32H51N3O6S/c1-21(2)29-28(15-16-42(29,39)40)41-31(38)33-25(17-22-11-7-6-8-12-22)27(36)20-35-19-24-14-10-9-13-23(24)18-26(35)30(37)34-32(3,4)5/h6-8,11-12,21,23-29,36H,9-10,13-20H2,1-5H3,(H,33,38)(H,34,37)/t23-,24+,25-,26?,27+,28-,29-/m0/s1. The zero-order chi connectivity index (χ0) is 30.7. The average Bonchev–Trinajstić information content (AvgIpc) is 3.20. The van der Waals surface area contributed by atoms with E-state index in [1.165, 1.54) is 12.8 Å². The predicted molar refractivity (Wildman–Crippen MR) is 164 cm³/mol. The second kappa shape index (κ2) is 13.6. The van der Waals surface area contributed by atoms with Crippen molar-refractivity contribution < 1.29 is 27.9 Å². The van der Waals surface area contributed by atoms with Gasteiger partial charge in [-0.2, -0.15) is 0 Å². The molecule has 9 nitrogen and oxygen atoms in total. The third-order valence-corrected chi connectivity index (χ3v) is 11.7. The number of amides is 2. The first-order valence-electron chi connectivity index (χ1n) is 15.7. The molecule has 2 saturated heterocycles. The molecule has 236 valence electrons. The monoisotopic (exact) mass is 605 g/mol. The SMILES string of the molecule is CC(C)[C@H]1[C@@H](OC(=O)N[C@@H](Cc2ccccc2)[C@H](O)CN2C[C@H]3CCCC[C@H]3CC2C(=O)NC(C)(C)C)CCS1(=O)=O. The van der Waals surface area contributed by atoms with E-state index < -0.39 is 39.4 Å². The summed E-state index contributed by atoms with van der Waals surface area (Å²) in [4.78, 5) is 28.8. The minimum Gasteiger partial charge on any atom is -0.445 e. The molecular formula is C32H51N3O6S. The number of nitrogens with one attached hydrogen (secondary N) is 2. The number of piperidine rings is 1. The first-order valence-corrected chi connectivity index (χ1v) is 17.4. The number of aliphatic hydroxyl groups is 1. The molecule has 3 aliphatic rings. The molecule has 42 heavy (non-hydrogen) atoms. The molecule has 0 spiro atoms. The second-order valence-corrected chi connectivity index (χ2v) is 16.3. The number of hydrogen-bond acceptors (Lipinski definition) is 7. The summed E-state index contributed by atoms with van der Waals surface area (Å²) in [6.07, 6.45) is 3.63. The lowest BCUT2D eigenvalue weighted by molar-refractivity contribution is -0.132. The van der Waals surface area contributed by atoms with Crippen LogP contribution < -0.4 is 10.6 Å². The molecule has 3 N–H and O–H groups in total. The highest BCUT2D eigenvalue weighted by molar-refractivity contribution is 7.92. The summed E-state index contributed by atoms with van der Waals surface area (Å²) >= 11 is 0. The summed E-state index contributed by atoms with van der Waals surface area (Å²) in [5.74, 6) is 0.798. The molecule has 1 saturated carbocycles. The number of benzene rings is 1. The molecular weight excluding hydrogens is 554 g/mol. The van der Waals surface area contributed by atoms with Crippen molar-refractivity contribution in [3.8, 4) is 0 Å². The van der Waals surface area contributed by atoms with Gasteiger partial charge in [0.2, 0.25) is 5.91 Å². The van der Waals surface area contributed by atoms with E-state index in [-0.39, 0.29) is 42.1 Å². The maximum atomic E-state index is 13.5. The normalized spacial score (nSPS) is 29.4. The van der Waals surface area contributed by atoms with Gasteiger partial charge in [0.1, 0.15) is 11.4 Å². The number of carbonyl (C=O) groups is 2. The topological polar surface area (TPSA) is 125 Å². The molecule has 2 heterocycles. The Kier molecular flexibility index (Phi) is 10.6. The number of rotatable bonds is 9. The molecule has 2 amide bonds. The summed E-state index contributed by atoms with van der Waals surface area (Å²) in [5, 5.41) is 16.9. The van der Waals surface area contributed by atoms with Crippen LogP contribution in [0.4, 0.5) is 4.79 Å². The Morgan fingerprint density at radius 1 is 1.07 bits per heavy atom.